The molecule has 1 amide bonds. The van der Waals surface area contributed by atoms with E-state index in [1.54, 1.807) is 0 Å². The molecule has 21 heavy (non-hydrogen) atoms. The number of carbonyl (C=O) groups is 2. The van der Waals surface area contributed by atoms with Crippen LogP contribution in [0.15, 0.2) is 6.07 Å². The van der Waals surface area contributed by atoms with Gasteiger partial charge >= 0.3 is 5.97 Å². The molecule has 0 spiro atoms. The molecule has 0 saturated heterocycles. The predicted molar refractivity (Wildman–Crippen MR) is 79.7 cm³/mol. The van der Waals surface area contributed by atoms with E-state index in [4.69, 9.17) is 28.3 Å². The number of hydrogen-bond donors (Lipinski definition) is 2. The summed E-state index contributed by atoms with van der Waals surface area (Å²) in [6, 6.07) is 1.36. The number of nitrogens with zero attached hydrogens (tertiary/aromatic N) is 2. The van der Waals surface area contributed by atoms with Gasteiger partial charge in [-0.2, -0.15) is 0 Å². The third-order valence-corrected chi connectivity index (χ3v) is 3.61. The van der Waals surface area contributed by atoms with E-state index in [0.29, 0.717) is 19.4 Å². The zero-order chi connectivity index (χ0) is 15.8. The number of amides is 1. The zero-order valence-electron chi connectivity index (χ0n) is 11.6. The standard InChI is InChI=1S/C13H17Cl2N3O3/c1-2-8(3-4-11(19)20)5-6-16-13(21)9-7-10(14)17-18-12(9)15/h7-8H,2-6H2,1H3,(H,16,21)(H,19,20). The molecule has 1 aromatic heterocycles. The van der Waals surface area contributed by atoms with Crippen molar-refractivity contribution in [3.05, 3.63) is 21.9 Å². The van der Waals surface area contributed by atoms with Gasteiger partial charge in [-0.3, -0.25) is 9.59 Å². The van der Waals surface area contributed by atoms with Crippen molar-refractivity contribution in [2.75, 3.05) is 6.54 Å². The maximum atomic E-state index is 11.9. The molecule has 0 saturated carbocycles. The van der Waals surface area contributed by atoms with Crippen LogP contribution in [-0.4, -0.2) is 33.7 Å². The first-order valence-corrected chi connectivity index (χ1v) is 7.38. The van der Waals surface area contributed by atoms with Crippen LogP contribution < -0.4 is 5.32 Å². The maximum absolute atomic E-state index is 11.9. The Morgan fingerprint density at radius 3 is 2.67 bits per heavy atom. The Kier molecular flexibility index (Phi) is 7.39. The van der Waals surface area contributed by atoms with E-state index < -0.39 is 5.97 Å². The first-order chi connectivity index (χ1) is 9.93. The second-order valence-electron chi connectivity index (χ2n) is 4.62. The van der Waals surface area contributed by atoms with Crippen LogP contribution >= 0.6 is 23.2 Å². The summed E-state index contributed by atoms with van der Waals surface area (Å²) in [5.74, 6) is -0.914. The molecule has 1 rings (SSSR count). The molecule has 6 nitrogen and oxygen atoms in total. The summed E-state index contributed by atoms with van der Waals surface area (Å²) in [6.07, 6.45) is 2.32. The quantitative estimate of drug-likeness (QED) is 0.763. The van der Waals surface area contributed by atoms with Gasteiger partial charge in [0.2, 0.25) is 0 Å². The number of nitrogens with one attached hydrogen (secondary N) is 1. The van der Waals surface area contributed by atoms with Crippen molar-refractivity contribution in [2.24, 2.45) is 5.92 Å². The van der Waals surface area contributed by atoms with Crippen molar-refractivity contribution >= 4 is 35.1 Å². The van der Waals surface area contributed by atoms with Gasteiger partial charge in [0.1, 0.15) is 0 Å². The van der Waals surface area contributed by atoms with Crippen LogP contribution in [0.25, 0.3) is 0 Å². The largest absolute Gasteiger partial charge is 0.481 e. The predicted octanol–water partition coefficient (Wildman–Crippen LogP) is 2.79. The van der Waals surface area contributed by atoms with Crippen LogP contribution in [0.4, 0.5) is 0 Å². The normalized spacial score (nSPS) is 12.0. The molecule has 0 aliphatic rings. The molecule has 8 heteroatoms. The number of halogens is 2. The Morgan fingerprint density at radius 1 is 1.33 bits per heavy atom. The van der Waals surface area contributed by atoms with Gasteiger partial charge in [0.25, 0.3) is 5.91 Å². The summed E-state index contributed by atoms with van der Waals surface area (Å²) >= 11 is 11.5. The van der Waals surface area contributed by atoms with E-state index in [1.807, 2.05) is 6.92 Å². The smallest absolute Gasteiger partial charge is 0.303 e. The highest BCUT2D eigenvalue weighted by molar-refractivity contribution is 6.34. The highest BCUT2D eigenvalue weighted by atomic mass is 35.5. The molecular formula is C13H17Cl2N3O3. The third-order valence-electron chi connectivity index (χ3n) is 3.15. The van der Waals surface area contributed by atoms with Gasteiger partial charge in [0.05, 0.1) is 5.56 Å². The molecule has 0 radical (unpaired) electrons. The van der Waals surface area contributed by atoms with Gasteiger partial charge in [0, 0.05) is 13.0 Å². The van der Waals surface area contributed by atoms with Gasteiger partial charge in [-0.25, -0.2) is 0 Å². The van der Waals surface area contributed by atoms with E-state index in [0.717, 1.165) is 6.42 Å². The van der Waals surface area contributed by atoms with Crippen LogP contribution in [0.2, 0.25) is 10.3 Å². The topological polar surface area (TPSA) is 92.2 Å². The van der Waals surface area contributed by atoms with Crippen molar-refractivity contribution in [1.82, 2.24) is 15.5 Å². The molecule has 0 aliphatic carbocycles. The minimum Gasteiger partial charge on any atom is -0.481 e. The fraction of sp³-hybridized carbons (Fsp3) is 0.538. The van der Waals surface area contributed by atoms with E-state index in [2.05, 4.69) is 15.5 Å². The second-order valence-corrected chi connectivity index (χ2v) is 5.37. The number of hydrogen-bond acceptors (Lipinski definition) is 4. The summed E-state index contributed by atoms with van der Waals surface area (Å²) in [5.41, 5.74) is 0.176. The van der Waals surface area contributed by atoms with Crippen LogP contribution in [-0.2, 0) is 4.79 Å². The van der Waals surface area contributed by atoms with Gasteiger partial charge in [-0.15, -0.1) is 10.2 Å². The molecule has 1 aromatic rings. The van der Waals surface area contributed by atoms with E-state index >= 15 is 0 Å². The highest BCUT2D eigenvalue weighted by Gasteiger charge is 2.14. The van der Waals surface area contributed by atoms with Crippen LogP contribution in [0.1, 0.15) is 43.0 Å². The zero-order valence-corrected chi connectivity index (χ0v) is 13.1. The lowest BCUT2D eigenvalue weighted by Crippen LogP contribution is -2.26. The molecule has 0 aliphatic heterocycles. The summed E-state index contributed by atoms with van der Waals surface area (Å²) in [4.78, 5) is 22.5. The number of carboxylic acids is 1. The number of carboxylic acid groups (broad SMARTS) is 1. The van der Waals surface area contributed by atoms with E-state index in [9.17, 15) is 9.59 Å². The average Bonchev–Trinajstić information content (AvgIpc) is 2.44. The Hall–Kier alpha value is -1.40. The summed E-state index contributed by atoms with van der Waals surface area (Å²) in [6.45, 7) is 2.44. The molecule has 0 bridgehead atoms. The number of carbonyl (C=O) groups excluding carboxylic acids is 1. The van der Waals surface area contributed by atoms with Crippen LogP contribution in [0.5, 0.6) is 0 Å². The van der Waals surface area contributed by atoms with E-state index in [1.165, 1.54) is 6.07 Å². The average molecular weight is 334 g/mol. The van der Waals surface area contributed by atoms with Crippen molar-refractivity contribution in [2.45, 2.75) is 32.6 Å². The van der Waals surface area contributed by atoms with Crippen molar-refractivity contribution in [3.8, 4) is 0 Å². The fourth-order valence-corrected chi connectivity index (χ4v) is 2.20. The first kappa shape index (κ1) is 17.7. The van der Waals surface area contributed by atoms with Gasteiger partial charge in [-0.1, -0.05) is 36.5 Å². The van der Waals surface area contributed by atoms with Crippen molar-refractivity contribution in [1.29, 1.82) is 0 Å². The van der Waals surface area contributed by atoms with Gasteiger partial charge < -0.3 is 10.4 Å². The summed E-state index contributed by atoms with van der Waals surface area (Å²) in [5, 5.41) is 18.6. The lowest BCUT2D eigenvalue weighted by Gasteiger charge is -2.14. The minimum absolute atomic E-state index is 0.00480. The number of aliphatic carboxylic acids is 1. The Labute approximate surface area is 132 Å². The maximum Gasteiger partial charge on any atom is 0.303 e. The SMILES string of the molecule is CCC(CCNC(=O)c1cc(Cl)nnc1Cl)CCC(=O)O. The fourth-order valence-electron chi connectivity index (χ4n) is 1.88. The van der Waals surface area contributed by atoms with Gasteiger partial charge in [0.15, 0.2) is 10.3 Å². The molecule has 1 heterocycles. The Morgan fingerprint density at radius 2 is 2.05 bits per heavy atom. The van der Waals surface area contributed by atoms with Crippen molar-refractivity contribution in [3.63, 3.8) is 0 Å². The molecular weight excluding hydrogens is 317 g/mol. The molecule has 1 unspecified atom stereocenters. The molecule has 0 fully saturated rings. The molecule has 0 aromatic carbocycles. The highest BCUT2D eigenvalue weighted by Crippen LogP contribution is 2.17. The van der Waals surface area contributed by atoms with E-state index in [-0.39, 0.29) is 34.1 Å². The van der Waals surface area contributed by atoms with Crippen LogP contribution in [0, 0.1) is 5.92 Å². The minimum atomic E-state index is -0.804. The molecule has 2 N–H and O–H groups in total. The number of rotatable bonds is 8. The Balaban J connectivity index is 2.45. The summed E-state index contributed by atoms with van der Waals surface area (Å²) < 4.78 is 0. The molecule has 116 valence electrons. The summed E-state index contributed by atoms with van der Waals surface area (Å²) in [7, 11) is 0. The van der Waals surface area contributed by atoms with Gasteiger partial charge in [-0.05, 0) is 24.8 Å². The second kappa shape index (κ2) is 8.79. The van der Waals surface area contributed by atoms with Crippen molar-refractivity contribution < 1.29 is 14.7 Å². The lowest BCUT2D eigenvalue weighted by molar-refractivity contribution is -0.137. The number of aromatic nitrogens is 2. The molecule has 1 atom stereocenters. The monoisotopic (exact) mass is 333 g/mol. The Bertz CT molecular complexity index is 511. The third kappa shape index (κ3) is 6.27. The lowest BCUT2D eigenvalue weighted by atomic mass is 9.96. The first-order valence-electron chi connectivity index (χ1n) is 6.62. The van der Waals surface area contributed by atoms with Crippen LogP contribution in [0.3, 0.4) is 0 Å².